The predicted octanol–water partition coefficient (Wildman–Crippen LogP) is 5.10. The van der Waals surface area contributed by atoms with E-state index >= 15 is 0 Å². The Bertz CT molecular complexity index is 516. The Balaban J connectivity index is 2.10. The highest BCUT2D eigenvalue weighted by molar-refractivity contribution is 5.51. The minimum Gasteiger partial charge on any atom is -0.384 e. The lowest BCUT2D eigenvalue weighted by Gasteiger charge is -2.23. The summed E-state index contributed by atoms with van der Waals surface area (Å²) in [6.45, 7) is 7.78. The molecular weight excluding hydrogens is 242 g/mol. The van der Waals surface area contributed by atoms with Gasteiger partial charge in [0.1, 0.15) is 0 Å². The molecule has 0 aliphatic heterocycles. The van der Waals surface area contributed by atoms with E-state index < -0.39 is 0 Å². The van der Waals surface area contributed by atoms with Crippen LogP contribution in [0.1, 0.15) is 37.8 Å². The van der Waals surface area contributed by atoms with Crippen LogP contribution in [0.25, 0.3) is 0 Å². The van der Waals surface area contributed by atoms with Crippen LogP contribution in [-0.2, 0) is 6.42 Å². The summed E-state index contributed by atoms with van der Waals surface area (Å²) in [6.07, 6.45) is 1.07. The van der Waals surface area contributed by atoms with Crippen molar-refractivity contribution in [2.45, 2.75) is 33.1 Å². The molecule has 1 atom stereocenters. The average molecular weight is 267 g/mol. The lowest BCUT2D eigenvalue weighted by molar-refractivity contribution is 0.517. The van der Waals surface area contributed by atoms with Gasteiger partial charge in [-0.1, -0.05) is 69.3 Å². The van der Waals surface area contributed by atoms with Gasteiger partial charge in [0, 0.05) is 18.2 Å². The molecule has 0 saturated carbocycles. The third-order valence-corrected chi connectivity index (χ3v) is 3.94. The fourth-order valence-electron chi connectivity index (χ4n) is 2.66. The van der Waals surface area contributed by atoms with Crippen molar-refractivity contribution < 1.29 is 0 Å². The van der Waals surface area contributed by atoms with Gasteiger partial charge < -0.3 is 5.32 Å². The summed E-state index contributed by atoms with van der Waals surface area (Å²) < 4.78 is 0. The van der Waals surface area contributed by atoms with Crippen LogP contribution in [0, 0.1) is 5.92 Å². The van der Waals surface area contributed by atoms with E-state index in [-0.39, 0.29) is 0 Å². The van der Waals surface area contributed by atoms with E-state index in [0.29, 0.717) is 11.8 Å². The van der Waals surface area contributed by atoms with Crippen LogP contribution < -0.4 is 5.32 Å². The van der Waals surface area contributed by atoms with Crippen LogP contribution >= 0.6 is 0 Å². The first-order valence-electron chi connectivity index (χ1n) is 7.59. The summed E-state index contributed by atoms with van der Waals surface area (Å²) in [5.74, 6) is 1.17. The quantitative estimate of drug-likeness (QED) is 0.767. The first-order valence-corrected chi connectivity index (χ1v) is 7.59. The molecule has 0 bridgehead atoms. The van der Waals surface area contributed by atoms with Crippen LogP contribution in [0.15, 0.2) is 54.6 Å². The standard InChI is InChI=1S/C19H25N/c1-4-16-10-8-9-13-19(16)20-14-18(15(2)3)17-11-6-5-7-12-17/h5-13,15,18,20H,4,14H2,1-3H3. The van der Waals surface area contributed by atoms with Gasteiger partial charge in [0.2, 0.25) is 0 Å². The molecule has 0 amide bonds. The van der Waals surface area contributed by atoms with E-state index in [1.54, 1.807) is 0 Å². The fraction of sp³-hybridized carbons (Fsp3) is 0.368. The highest BCUT2D eigenvalue weighted by Crippen LogP contribution is 2.25. The molecule has 1 unspecified atom stereocenters. The maximum absolute atomic E-state index is 3.64. The highest BCUT2D eigenvalue weighted by Gasteiger charge is 2.15. The average Bonchev–Trinajstić information content (AvgIpc) is 2.48. The van der Waals surface area contributed by atoms with Crippen LogP contribution in [-0.4, -0.2) is 6.54 Å². The van der Waals surface area contributed by atoms with Crippen LogP contribution in [0.4, 0.5) is 5.69 Å². The number of benzene rings is 2. The van der Waals surface area contributed by atoms with Crippen LogP contribution in [0.5, 0.6) is 0 Å². The second-order valence-corrected chi connectivity index (χ2v) is 5.65. The molecule has 0 spiro atoms. The number of aryl methyl sites for hydroxylation is 1. The van der Waals surface area contributed by atoms with Crippen molar-refractivity contribution in [1.29, 1.82) is 0 Å². The van der Waals surface area contributed by atoms with Gasteiger partial charge in [-0.05, 0) is 29.5 Å². The maximum atomic E-state index is 3.64. The van der Waals surface area contributed by atoms with E-state index in [0.717, 1.165) is 13.0 Å². The van der Waals surface area contributed by atoms with Gasteiger partial charge in [0.05, 0.1) is 0 Å². The summed E-state index contributed by atoms with van der Waals surface area (Å²) in [7, 11) is 0. The Morgan fingerprint density at radius 2 is 1.55 bits per heavy atom. The van der Waals surface area contributed by atoms with Crippen LogP contribution in [0.3, 0.4) is 0 Å². The van der Waals surface area contributed by atoms with E-state index in [1.165, 1.54) is 16.8 Å². The third-order valence-electron chi connectivity index (χ3n) is 3.94. The van der Waals surface area contributed by atoms with Gasteiger partial charge in [0.25, 0.3) is 0 Å². The summed E-state index contributed by atoms with van der Waals surface area (Å²) in [5, 5.41) is 3.64. The minimum absolute atomic E-state index is 0.543. The second-order valence-electron chi connectivity index (χ2n) is 5.65. The Labute approximate surface area is 123 Å². The summed E-state index contributed by atoms with van der Waals surface area (Å²) >= 11 is 0. The molecule has 0 aliphatic carbocycles. The maximum Gasteiger partial charge on any atom is 0.0372 e. The highest BCUT2D eigenvalue weighted by atomic mass is 14.9. The summed E-state index contributed by atoms with van der Waals surface area (Å²) in [4.78, 5) is 0. The van der Waals surface area contributed by atoms with Crippen molar-refractivity contribution >= 4 is 5.69 Å². The zero-order valence-corrected chi connectivity index (χ0v) is 12.8. The number of para-hydroxylation sites is 1. The van der Waals surface area contributed by atoms with Crippen molar-refractivity contribution in [2.24, 2.45) is 5.92 Å². The lowest BCUT2D eigenvalue weighted by atomic mass is 9.88. The molecule has 20 heavy (non-hydrogen) atoms. The fourth-order valence-corrected chi connectivity index (χ4v) is 2.66. The Hall–Kier alpha value is -1.76. The van der Waals surface area contributed by atoms with Crippen molar-refractivity contribution in [3.8, 4) is 0 Å². The number of nitrogens with one attached hydrogen (secondary N) is 1. The normalized spacial score (nSPS) is 12.4. The molecule has 1 nitrogen and oxygen atoms in total. The minimum atomic E-state index is 0.543. The van der Waals surface area contributed by atoms with E-state index in [9.17, 15) is 0 Å². The molecule has 2 aromatic rings. The number of hydrogen-bond donors (Lipinski definition) is 1. The summed E-state index contributed by atoms with van der Waals surface area (Å²) in [5.41, 5.74) is 4.09. The Morgan fingerprint density at radius 1 is 0.900 bits per heavy atom. The van der Waals surface area contributed by atoms with Crippen LogP contribution in [0.2, 0.25) is 0 Å². The molecule has 0 fully saturated rings. The van der Waals surface area contributed by atoms with E-state index in [2.05, 4.69) is 80.7 Å². The van der Waals surface area contributed by atoms with Crippen molar-refractivity contribution in [3.63, 3.8) is 0 Å². The van der Waals surface area contributed by atoms with Crippen molar-refractivity contribution in [1.82, 2.24) is 0 Å². The molecule has 106 valence electrons. The Kier molecular flexibility index (Phi) is 5.23. The number of hydrogen-bond acceptors (Lipinski definition) is 1. The predicted molar refractivity (Wildman–Crippen MR) is 88.3 cm³/mol. The third kappa shape index (κ3) is 3.63. The van der Waals surface area contributed by atoms with Crippen molar-refractivity contribution in [3.05, 3.63) is 65.7 Å². The second kappa shape index (κ2) is 7.14. The van der Waals surface area contributed by atoms with Gasteiger partial charge in [-0.15, -0.1) is 0 Å². The SMILES string of the molecule is CCc1ccccc1NCC(c1ccccc1)C(C)C. The van der Waals surface area contributed by atoms with E-state index in [1.807, 2.05) is 0 Å². The molecule has 0 saturated heterocycles. The number of anilines is 1. The zero-order chi connectivity index (χ0) is 14.4. The largest absolute Gasteiger partial charge is 0.384 e. The van der Waals surface area contributed by atoms with E-state index in [4.69, 9.17) is 0 Å². The zero-order valence-electron chi connectivity index (χ0n) is 12.8. The van der Waals surface area contributed by atoms with Gasteiger partial charge in [-0.2, -0.15) is 0 Å². The van der Waals surface area contributed by atoms with Gasteiger partial charge in [-0.25, -0.2) is 0 Å². The molecule has 0 aliphatic rings. The summed E-state index contributed by atoms with van der Waals surface area (Å²) in [6, 6.07) is 19.4. The van der Waals surface area contributed by atoms with Crippen molar-refractivity contribution in [2.75, 3.05) is 11.9 Å². The molecular formula is C19H25N. The molecule has 0 aromatic heterocycles. The first-order chi connectivity index (χ1) is 9.72. The van der Waals surface area contributed by atoms with Gasteiger partial charge >= 0.3 is 0 Å². The molecule has 1 N–H and O–H groups in total. The number of rotatable bonds is 6. The molecule has 1 heteroatoms. The molecule has 2 rings (SSSR count). The lowest BCUT2D eigenvalue weighted by Crippen LogP contribution is -2.18. The Morgan fingerprint density at radius 3 is 2.20 bits per heavy atom. The smallest absolute Gasteiger partial charge is 0.0372 e. The topological polar surface area (TPSA) is 12.0 Å². The van der Waals surface area contributed by atoms with Gasteiger partial charge in [-0.3, -0.25) is 0 Å². The van der Waals surface area contributed by atoms with Gasteiger partial charge in [0.15, 0.2) is 0 Å². The molecule has 0 radical (unpaired) electrons. The first kappa shape index (κ1) is 14.6. The molecule has 2 aromatic carbocycles. The molecule has 0 heterocycles. The monoisotopic (exact) mass is 267 g/mol.